The Hall–Kier alpha value is -0.830. The highest BCUT2D eigenvalue weighted by Gasteiger charge is 2.22. The van der Waals surface area contributed by atoms with Crippen molar-refractivity contribution < 1.29 is 0 Å². The molecule has 2 rings (SSSR count). The molecular formula is C11H19N3. The molecule has 0 aromatic carbocycles. The summed E-state index contributed by atoms with van der Waals surface area (Å²) in [5, 5.41) is 0. The SMILES string of the molecule is Cn1ccnc1CC(N)C1CCCC1. The van der Waals surface area contributed by atoms with E-state index in [9.17, 15) is 0 Å². The third-order valence-corrected chi connectivity index (χ3v) is 3.34. The van der Waals surface area contributed by atoms with Gasteiger partial charge in [-0.25, -0.2) is 4.98 Å². The van der Waals surface area contributed by atoms with Crippen molar-refractivity contribution in [1.29, 1.82) is 0 Å². The van der Waals surface area contributed by atoms with Crippen LogP contribution in [-0.4, -0.2) is 15.6 Å². The van der Waals surface area contributed by atoms with Crippen molar-refractivity contribution in [3.8, 4) is 0 Å². The molecule has 1 atom stereocenters. The molecular weight excluding hydrogens is 174 g/mol. The minimum absolute atomic E-state index is 0.304. The lowest BCUT2D eigenvalue weighted by molar-refractivity contribution is 0.420. The topological polar surface area (TPSA) is 43.8 Å². The van der Waals surface area contributed by atoms with Gasteiger partial charge >= 0.3 is 0 Å². The third-order valence-electron chi connectivity index (χ3n) is 3.34. The van der Waals surface area contributed by atoms with E-state index in [1.54, 1.807) is 0 Å². The van der Waals surface area contributed by atoms with Gasteiger partial charge in [-0.2, -0.15) is 0 Å². The molecule has 1 aliphatic carbocycles. The first-order valence-corrected chi connectivity index (χ1v) is 5.49. The van der Waals surface area contributed by atoms with Gasteiger partial charge in [-0.1, -0.05) is 12.8 Å². The van der Waals surface area contributed by atoms with Crippen molar-refractivity contribution in [2.45, 2.75) is 38.1 Å². The number of rotatable bonds is 3. The predicted molar refractivity (Wildman–Crippen MR) is 56.8 cm³/mol. The Bertz CT molecular complexity index is 286. The molecule has 0 radical (unpaired) electrons. The number of aromatic nitrogens is 2. The summed E-state index contributed by atoms with van der Waals surface area (Å²) in [5.74, 6) is 1.84. The zero-order chi connectivity index (χ0) is 9.97. The number of nitrogens with two attached hydrogens (primary N) is 1. The maximum atomic E-state index is 6.19. The van der Waals surface area contributed by atoms with E-state index in [0.717, 1.165) is 18.2 Å². The van der Waals surface area contributed by atoms with Gasteiger partial charge in [0.05, 0.1) is 0 Å². The lowest BCUT2D eigenvalue weighted by Crippen LogP contribution is -2.31. The maximum Gasteiger partial charge on any atom is 0.109 e. The second kappa shape index (κ2) is 4.13. The van der Waals surface area contributed by atoms with Crippen molar-refractivity contribution >= 4 is 0 Å². The summed E-state index contributed by atoms with van der Waals surface area (Å²) >= 11 is 0. The van der Waals surface area contributed by atoms with Gasteiger partial charge in [0.15, 0.2) is 0 Å². The van der Waals surface area contributed by atoms with E-state index in [1.165, 1.54) is 25.7 Å². The van der Waals surface area contributed by atoms with Gasteiger partial charge in [-0.15, -0.1) is 0 Å². The Balaban J connectivity index is 1.93. The summed E-state index contributed by atoms with van der Waals surface area (Å²) < 4.78 is 2.06. The number of nitrogens with zero attached hydrogens (tertiary/aromatic N) is 2. The normalized spacial score (nSPS) is 20.1. The second-order valence-corrected chi connectivity index (χ2v) is 4.37. The van der Waals surface area contributed by atoms with Crippen LogP contribution in [0.2, 0.25) is 0 Å². The van der Waals surface area contributed by atoms with Crippen molar-refractivity contribution in [3.05, 3.63) is 18.2 Å². The molecule has 78 valence electrons. The lowest BCUT2D eigenvalue weighted by atomic mass is 9.96. The van der Waals surface area contributed by atoms with Gasteiger partial charge in [0.2, 0.25) is 0 Å². The van der Waals surface area contributed by atoms with Gasteiger partial charge in [-0.05, 0) is 18.8 Å². The quantitative estimate of drug-likeness (QED) is 0.790. The number of hydrogen-bond acceptors (Lipinski definition) is 2. The molecule has 0 saturated heterocycles. The Morgan fingerprint density at radius 2 is 2.29 bits per heavy atom. The smallest absolute Gasteiger partial charge is 0.109 e. The van der Waals surface area contributed by atoms with Crippen LogP contribution in [0.5, 0.6) is 0 Å². The van der Waals surface area contributed by atoms with E-state index < -0.39 is 0 Å². The first-order valence-electron chi connectivity index (χ1n) is 5.49. The largest absolute Gasteiger partial charge is 0.338 e. The molecule has 0 bridgehead atoms. The summed E-state index contributed by atoms with van der Waals surface area (Å²) in [5.41, 5.74) is 6.19. The molecule has 1 heterocycles. The van der Waals surface area contributed by atoms with E-state index >= 15 is 0 Å². The van der Waals surface area contributed by atoms with Crippen molar-refractivity contribution in [1.82, 2.24) is 9.55 Å². The standard InChI is InChI=1S/C11H19N3/c1-14-7-6-13-11(14)8-10(12)9-4-2-3-5-9/h6-7,9-10H,2-5,8,12H2,1H3. The van der Waals surface area contributed by atoms with E-state index in [1.807, 2.05) is 19.4 Å². The van der Waals surface area contributed by atoms with Gasteiger partial charge in [0.1, 0.15) is 5.82 Å². The van der Waals surface area contributed by atoms with Crippen molar-refractivity contribution in [2.75, 3.05) is 0 Å². The lowest BCUT2D eigenvalue weighted by Gasteiger charge is -2.18. The fraction of sp³-hybridized carbons (Fsp3) is 0.727. The van der Waals surface area contributed by atoms with Gasteiger partial charge in [0.25, 0.3) is 0 Å². The van der Waals surface area contributed by atoms with Crippen LogP contribution in [0.25, 0.3) is 0 Å². The molecule has 1 fully saturated rings. The molecule has 1 saturated carbocycles. The Morgan fingerprint density at radius 1 is 1.57 bits per heavy atom. The summed E-state index contributed by atoms with van der Waals surface area (Å²) in [6.07, 6.45) is 10.1. The zero-order valence-electron chi connectivity index (χ0n) is 8.82. The van der Waals surface area contributed by atoms with Crippen LogP contribution >= 0.6 is 0 Å². The third kappa shape index (κ3) is 1.98. The number of imidazole rings is 1. The van der Waals surface area contributed by atoms with Gasteiger partial charge in [0, 0.05) is 31.9 Å². The molecule has 1 aromatic heterocycles. The number of aryl methyl sites for hydroxylation is 1. The molecule has 3 nitrogen and oxygen atoms in total. The van der Waals surface area contributed by atoms with Crippen LogP contribution in [0, 0.1) is 5.92 Å². The van der Waals surface area contributed by atoms with Crippen LogP contribution in [0.1, 0.15) is 31.5 Å². The Labute approximate surface area is 85.3 Å². The molecule has 2 N–H and O–H groups in total. The number of hydrogen-bond donors (Lipinski definition) is 1. The second-order valence-electron chi connectivity index (χ2n) is 4.37. The molecule has 0 spiro atoms. The average molecular weight is 193 g/mol. The minimum Gasteiger partial charge on any atom is -0.338 e. The van der Waals surface area contributed by atoms with Crippen LogP contribution < -0.4 is 5.73 Å². The van der Waals surface area contributed by atoms with Crippen LogP contribution in [0.4, 0.5) is 0 Å². The van der Waals surface area contributed by atoms with E-state index in [-0.39, 0.29) is 0 Å². The monoisotopic (exact) mass is 193 g/mol. The summed E-state index contributed by atoms with van der Waals surface area (Å²) in [4.78, 5) is 4.31. The van der Waals surface area contributed by atoms with E-state index in [4.69, 9.17) is 5.73 Å². The molecule has 0 amide bonds. The molecule has 1 aromatic rings. The molecule has 0 aliphatic heterocycles. The minimum atomic E-state index is 0.304. The summed E-state index contributed by atoms with van der Waals surface area (Å²) in [6.45, 7) is 0. The maximum absolute atomic E-state index is 6.19. The molecule has 1 unspecified atom stereocenters. The van der Waals surface area contributed by atoms with Crippen LogP contribution in [0.15, 0.2) is 12.4 Å². The molecule has 14 heavy (non-hydrogen) atoms. The van der Waals surface area contributed by atoms with Crippen LogP contribution in [-0.2, 0) is 13.5 Å². The predicted octanol–water partition coefficient (Wildman–Crippen LogP) is 1.48. The highest BCUT2D eigenvalue weighted by molar-refractivity contribution is 4.95. The highest BCUT2D eigenvalue weighted by Crippen LogP contribution is 2.27. The molecule has 1 aliphatic rings. The highest BCUT2D eigenvalue weighted by atomic mass is 15.0. The Kier molecular flexibility index (Phi) is 2.87. The Morgan fingerprint density at radius 3 is 2.86 bits per heavy atom. The first kappa shape index (κ1) is 9.71. The van der Waals surface area contributed by atoms with Crippen LogP contribution in [0.3, 0.4) is 0 Å². The van der Waals surface area contributed by atoms with E-state index in [2.05, 4.69) is 9.55 Å². The zero-order valence-corrected chi connectivity index (χ0v) is 8.82. The first-order chi connectivity index (χ1) is 6.77. The summed E-state index contributed by atoms with van der Waals surface area (Å²) in [6, 6.07) is 0.304. The average Bonchev–Trinajstić information content (AvgIpc) is 2.77. The van der Waals surface area contributed by atoms with E-state index in [0.29, 0.717) is 6.04 Å². The van der Waals surface area contributed by atoms with Gasteiger partial charge in [-0.3, -0.25) is 0 Å². The summed E-state index contributed by atoms with van der Waals surface area (Å²) in [7, 11) is 2.03. The van der Waals surface area contributed by atoms with Crippen molar-refractivity contribution in [2.24, 2.45) is 18.7 Å². The van der Waals surface area contributed by atoms with Crippen molar-refractivity contribution in [3.63, 3.8) is 0 Å². The fourth-order valence-electron chi connectivity index (χ4n) is 2.36. The fourth-order valence-corrected chi connectivity index (χ4v) is 2.36. The van der Waals surface area contributed by atoms with Gasteiger partial charge < -0.3 is 10.3 Å². The molecule has 3 heteroatoms.